The van der Waals surface area contributed by atoms with Crippen LogP contribution in [0.4, 0.5) is 11.5 Å². The number of anilines is 2. The highest BCUT2D eigenvalue weighted by molar-refractivity contribution is 6.04. The topological polar surface area (TPSA) is 74.2 Å². The van der Waals surface area contributed by atoms with Crippen LogP contribution >= 0.6 is 0 Å². The van der Waals surface area contributed by atoms with Crippen LogP contribution in [-0.2, 0) is 13.0 Å². The minimum Gasteiger partial charge on any atom is -0.392 e. The second kappa shape index (κ2) is 6.85. The van der Waals surface area contributed by atoms with Gasteiger partial charge in [-0.1, -0.05) is 19.1 Å². The second-order valence-corrected chi connectivity index (χ2v) is 4.65. The molecule has 0 bridgehead atoms. The van der Waals surface area contributed by atoms with Crippen LogP contribution in [0.25, 0.3) is 0 Å². The van der Waals surface area contributed by atoms with Gasteiger partial charge in [-0.25, -0.2) is 4.98 Å². The standard InChI is InChI=1S/C16H19N3O2/c1-3-13-8-12(9-15(17-2)18-13)16(21)19-14-6-4-11(10-20)5-7-14/h4-9,20H,3,10H2,1-2H3,(H,17,18)(H,19,21). The van der Waals surface area contributed by atoms with Crippen molar-refractivity contribution in [3.63, 3.8) is 0 Å². The molecule has 3 N–H and O–H groups in total. The van der Waals surface area contributed by atoms with E-state index >= 15 is 0 Å². The molecule has 21 heavy (non-hydrogen) atoms. The predicted molar refractivity (Wildman–Crippen MR) is 83.5 cm³/mol. The number of amides is 1. The van der Waals surface area contributed by atoms with Crippen LogP contribution in [0.1, 0.15) is 28.5 Å². The summed E-state index contributed by atoms with van der Waals surface area (Å²) < 4.78 is 0. The van der Waals surface area contributed by atoms with Crippen LogP contribution in [0, 0.1) is 0 Å². The van der Waals surface area contributed by atoms with E-state index in [9.17, 15) is 4.79 Å². The third-order valence-corrected chi connectivity index (χ3v) is 3.15. The third kappa shape index (κ3) is 3.79. The monoisotopic (exact) mass is 285 g/mol. The minimum absolute atomic E-state index is 0.00995. The fraction of sp³-hybridized carbons (Fsp3) is 0.250. The molecule has 1 heterocycles. The van der Waals surface area contributed by atoms with E-state index in [0.29, 0.717) is 17.1 Å². The summed E-state index contributed by atoms with van der Waals surface area (Å²) in [4.78, 5) is 16.7. The van der Waals surface area contributed by atoms with Crippen molar-refractivity contribution in [2.24, 2.45) is 0 Å². The first kappa shape index (κ1) is 15.0. The summed E-state index contributed by atoms with van der Waals surface area (Å²) in [6.45, 7) is 1.99. The molecule has 2 rings (SSSR count). The third-order valence-electron chi connectivity index (χ3n) is 3.15. The van der Waals surface area contributed by atoms with E-state index in [1.165, 1.54) is 0 Å². The second-order valence-electron chi connectivity index (χ2n) is 4.65. The molecule has 0 aliphatic rings. The zero-order valence-corrected chi connectivity index (χ0v) is 12.2. The van der Waals surface area contributed by atoms with Gasteiger partial charge in [-0.2, -0.15) is 0 Å². The van der Waals surface area contributed by atoms with E-state index in [1.807, 2.05) is 6.92 Å². The maximum absolute atomic E-state index is 12.3. The number of nitrogens with zero attached hydrogens (tertiary/aromatic N) is 1. The number of rotatable bonds is 5. The SMILES string of the molecule is CCc1cc(C(=O)Nc2ccc(CO)cc2)cc(NC)n1. The zero-order chi connectivity index (χ0) is 15.2. The van der Waals surface area contributed by atoms with Gasteiger partial charge >= 0.3 is 0 Å². The van der Waals surface area contributed by atoms with E-state index < -0.39 is 0 Å². The van der Waals surface area contributed by atoms with Gasteiger partial charge in [0.25, 0.3) is 5.91 Å². The largest absolute Gasteiger partial charge is 0.392 e. The molecule has 0 saturated carbocycles. The molecule has 110 valence electrons. The normalized spacial score (nSPS) is 10.2. The summed E-state index contributed by atoms with van der Waals surface area (Å²) in [7, 11) is 1.77. The average Bonchev–Trinajstić information content (AvgIpc) is 2.54. The molecule has 5 nitrogen and oxygen atoms in total. The number of hydrogen-bond donors (Lipinski definition) is 3. The van der Waals surface area contributed by atoms with Gasteiger partial charge in [0.15, 0.2) is 0 Å². The van der Waals surface area contributed by atoms with Crippen molar-refractivity contribution in [2.75, 3.05) is 17.7 Å². The van der Waals surface area contributed by atoms with Crippen molar-refractivity contribution in [1.29, 1.82) is 0 Å². The van der Waals surface area contributed by atoms with Gasteiger partial charge in [0.2, 0.25) is 0 Å². The highest BCUT2D eigenvalue weighted by Gasteiger charge is 2.09. The average molecular weight is 285 g/mol. The molecule has 0 aliphatic heterocycles. The van der Waals surface area contributed by atoms with Crippen LogP contribution in [-0.4, -0.2) is 23.0 Å². The molecule has 1 aromatic heterocycles. The Morgan fingerprint density at radius 1 is 1.24 bits per heavy atom. The smallest absolute Gasteiger partial charge is 0.255 e. The van der Waals surface area contributed by atoms with Crippen molar-refractivity contribution >= 4 is 17.4 Å². The number of nitrogens with one attached hydrogen (secondary N) is 2. The Morgan fingerprint density at radius 2 is 1.95 bits per heavy atom. The number of hydrogen-bond acceptors (Lipinski definition) is 4. The molecule has 5 heteroatoms. The number of aromatic nitrogens is 1. The summed E-state index contributed by atoms with van der Waals surface area (Å²) in [6, 6.07) is 10.6. The molecule has 1 aromatic carbocycles. The first-order valence-electron chi connectivity index (χ1n) is 6.86. The van der Waals surface area contributed by atoms with Gasteiger partial charge in [-0.15, -0.1) is 0 Å². The summed E-state index contributed by atoms with van der Waals surface area (Å²) >= 11 is 0. The molecule has 0 radical (unpaired) electrons. The number of aryl methyl sites for hydroxylation is 1. The van der Waals surface area contributed by atoms with Crippen molar-refractivity contribution in [1.82, 2.24) is 4.98 Å². The lowest BCUT2D eigenvalue weighted by Gasteiger charge is -2.09. The van der Waals surface area contributed by atoms with Gasteiger partial charge in [-0.3, -0.25) is 4.79 Å². The highest BCUT2D eigenvalue weighted by Crippen LogP contribution is 2.14. The quantitative estimate of drug-likeness (QED) is 0.789. The minimum atomic E-state index is -0.180. The van der Waals surface area contributed by atoms with Gasteiger partial charge in [0.05, 0.1) is 6.61 Å². The highest BCUT2D eigenvalue weighted by atomic mass is 16.3. The van der Waals surface area contributed by atoms with Crippen molar-refractivity contribution in [3.05, 3.63) is 53.2 Å². The fourth-order valence-electron chi connectivity index (χ4n) is 1.92. The van der Waals surface area contributed by atoms with E-state index in [-0.39, 0.29) is 12.5 Å². The zero-order valence-electron chi connectivity index (χ0n) is 12.2. The van der Waals surface area contributed by atoms with Crippen molar-refractivity contribution in [3.8, 4) is 0 Å². The lowest BCUT2D eigenvalue weighted by molar-refractivity contribution is 0.102. The first-order valence-corrected chi connectivity index (χ1v) is 6.86. The number of pyridine rings is 1. The molecule has 1 amide bonds. The maximum Gasteiger partial charge on any atom is 0.255 e. The Bertz CT molecular complexity index is 602. The first-order chi connectivity index (χ1) is 10.2. The Hall–Kier alpha value is -2.40. The molecule has 0 saturated heterocycles. The molecule has 0 atom stereocenters. The van der Waals surface area contributed by atoms with E-state index in [1.54, 1.807) is 43.4 Å². The van der Waals surface area contributed by atoms with Crippen LogP contribution < -0.4 is 10.6 Å². The lowest BCUT2D eigenvalue weighted by Crippen LogP contribution is -2.13. The molecule has 2 aromatic rings. The molecular formula is C16H19N3O2. The lowest BCUT2D eigenvalue weighted by atomic mass is 10.1. The fourth-order valence-corrected chi connectivity index (χ4v) is 1.92. The van der Waals surface area contributed by atoms with Gasteiger partial charge < -0.3 is 15.7 Å². The summed E-state index contributed by atoms with van der Waals surface area (Å²) in [6.07, 6.45) is 0.765. The van der Waals surface area contributed by atoms with Crippen LogP contribution in [0.2, 0.25) is 0 Å². The number of carbonyl (C=O) groups excluding carboxylic acids is 1. The van der Waals surface area contributed by atoms with Crippen LogP contribution in [0.5, 0.6) is 0 Å². The Labute approximate surface area is 124 Å². The van der Waals surface area contributed by atoms with Gasteiger partial charge in [-0.05, 0) is 36.2 Å². The number of aliphatic hydroxyl groups excluding tert-OH is 1. The summed E-state index contributed by atoms with van der Waals surface area (Å²) in [5.74, 6) is 0.496. The molecule has 0 spiro atoms. The van der Waals surface area contributed by atoms with Gasteiger partial charge in [0.1, 0.15) is 5.82 Å². The Balaban J connectivity index is 2.18. The molecular weight excluding hydrogens is 266 g/mol. The van der Waals surface area contributed by atoms with Crippen molar-refractivity contribution in [2.45, 2.75) is 20.0 Å². The van der Waals surface area contributed by atoms with Crippen molar-refractivity contribution < 1.29 is 9.90 Å². The molecule has 0 aliphatic carbocycles. The van der Waals surface area contributed by atoms with Crippen LogP contribution in [0.15, 0.2) is 36.4 Å². The summed E-state index contributed by atoms with van der Waals surface area (Å²) in [5, 5.41) is 14.8. The van der Waals surface area contributed by atoms with Gasteiger partial charge in [0, 0.05) is 24.0 Å². The maximum atomic E-state index is 12.3. The van der Waals surface area contributed by atoms with E-state index in [0.717, 1.165) is 17.7 Å². The van der Waals surface area contributed by atoms with E-state index in [2.05, 4.69) is 15.6 Å². The number of benzene rings is 1. The number of carbonyl (C=O) groups is 1. The predicted octanol–water partition coefficient (Wildman–Crippen LogP) is 2.43. The Morgan fingerprint density at radius 3 is 2.52 bits per heavy atom. The van der Waals surface area contributed by atoms with E-state index in [4.69, 9.17) is 5.11 Å². The Kier molecular flexibility index (Phi) is 4.90. The molecule has 0 fully saturated rings. The summed E-state index contributed by atoms with van der Waals surface area (Å²) in [5.41, 5.74) is 2.93. The molecule has 0 unspecified atom stereocenters. The van der Waals surface area contributed by atoms with Crippen LogP contribution in [0.3, 0.4) is 0 Å². The number of aliphatic hydroxyl groups is 1.